The Morgan fingerprint density at radius 1 is 1.09 bits per heavy atom. The van der Waals surface area contributed by atoms with E-state index in [0.717, 1.165) is 43.8 Å². The highest BCUT2D eigenvalue weighted by Gasteiger charge is 2.36. The maximum absolute atomic E-state index is 9.75. The van der Waals surface area contributed by atoms with Gasteiger partial charge in [0, 0.05) is 19.6 Å². The van der Waals surface area contributed by atoms with Gasteiger partial charge in [0.25, 0.3) is 0 Å². The van der Waals surface area contributed by atoms with E-state index >= 15 is 0 Å². The predicted molar refractivity (Wildman–Crippen MR) is 91.2 cm³/mol. The van der Waals surface area contributed by atoms with Crippen molar-refractivity contribution in [1.29, 1.82) is 5.26 Å². The van der Waals surface area contributed by atoms with Gasteiger partial charge in [-0.3, -0.25) is 4.90 Å². The lowest BCUT2D eigenvalue weighted by atomic mass is 9.74. The average molecular weight is 306 g/mol. The molecular weight excluding hydrogens is 284 g/mol. The van der Waals surface area contributed by atoms with Gasteiger partial charge in [0.15, 0.2) is 0 Å². The van der Waals surface area contributed by atoms with Crippen LogP contribution in [0.2, 0.25) is 0 Å². The van der Waals surface area contributed by atoms with E-state index in [-0.39, 0.29) is 5.41 Å². The molecule has 3 rings (SSSR count). The van der Waals surface area contributed by atoms with Crippen molar-refractivity contribution in [3.05, 3.63) is 65.7 Å². The van der Waals surface area contributed by atoms with Crippen molar-refractivity contribution in [3.63, 3.8) is 0 Å². The lowest BCUT2D eigenvalue weighted by Gasteiger charge is -2.37. The number of ether oxygens (including phenoxy) is 1. The van der Waals surface area contributed by atoms with E-state index in [1.807, 2.05) is 30.3 Å². The smallest absolute Gasteiger partial charge is 0.119 e. The van der Waals surface area contributed by atoms with Crippen LogP contribution in [0.5, 0.6) is 5.75 Å². The van der Waals surface area contributed by atoms with Crippen molar-refractivity contribution in [3.8, 4) is 11.8 Å². The summed E-state index contributed by atoms with van der Waals surface area (Å²) in [6.45, 7) is 2.80. The fraction of sp³-hybridized carbons (Fsp3) is 0.350. The molecule has 118 valence electrons. The topological polar surface area (TPSA) is 36.3 Å². The van der Waals surface area contributed by atoms with Crippen LogP contribution in [0.3, 0.4) is 0 Å². The molecule has 3 nitrogen and oxygen atoms in total. The predicted octanol–water partition coefficient (Wildman–Crippen LogP) is 3.75. The molecule has 0 aliphatic carbocycles. The molecule has 0 amide bonds. The van der Waals surface area contributed by atoms with Crippen LogP contribution in [0.1, 0.15) is 24.0 Å². The molecule has 3 heteroatoms. The normalized spacial score (nSPS) is 17.4. The Kier molecular flexibility index (Phi) is 4.64. The summed E-state index contributed by atoms with van der Waals surface area (Å²) in [7, 11) is 1.70. The maximum atomic E-state index is 9.75. The first kappa shape index (κ1) is 15.6. The van der Waals surface area contributed by atoms with Gasteiger partial charge < -0.3 is 4.74 Å². The SMILES string of the molecule is COc1cccc(CN2CCC(C#N)(c3ccccc3)CC2)c1. The number of rotatable bonds is 4. The van der Waals surface area contributed by atoms with Crippen molar-refractivity contribution >= 4 is 0 Å². The second kappa shape index (κ2) is 6.85. The molecule has 1 heterocycles. The summed E-state index contributed by atoms with van der Waals surface area (Å²) in [4.78, 5) is 2.42. The summed E-state index contributed by atoms with van der Waals surface area (Å²) in [5, 5.41) is 9.75. The van der Waals surface area contributed by atoms with Crippen molar-refractivity contribution in [2.75, 3.05) is 20.2 Å². The first-order valence-corrected chi connectivity index (χ1v) is 8.08. The lowest BCUT2D eigenvalue weighted by Crippen LogP contribution is -2.41. The van der Waals surface area contributed by atoms with Crippen LogP contribution in [-0.4, -0.2) is 25.1 Å². The average Bonchev–Trinajstić information content (AvgIpc) is 2.63. The molecule has 0 saturated carbocycles. The molecule has 0 spiro atoms. The Labute approximate surface area is 138 Å². The molecule has 0 bridgehead atoms. The van der Waals surface area contributed by atoms with Crippen LogP contribution in [0.4, 0.5) is 0 Å². The number of benzene rings is 2. The van der Waals surface area contributed by atoms with E-state index in [9.17, 15) is 5.26 Å². The molecule has 2 aromatic carbocycles. The Hall–Kier alpha value is -2.31. The zero-order valence-electron chi connectivity index (χ0n) is 13.5. The summed E-state index contributed by atoms with van der Waals surface area (Å²) < 4.78 is 5.29. The third-order valence-electron chi connectivity index (χ3n) is 4.79. The molecule has 1 fully saturated rings. The third-order valence-corrected chi connectivity index (χ3v) is 4.79. The highest BCUT2D eigenvalue weighted by Crippen LogP contribution is 2.35. The van der Waals surface area contributed by atoms with Crippen molar-refractivity contribution in [2.45, 2.75) is 24.8 Å². The maximum Gasteiger partial charge on any atom is 0.119 e. The van der Waals surface area contributed by atoms with Gasteiger partial charge in [-0.15, -0.1) is 0 Å². The standard InChI is InChI=1S/C20H22N2O/c1-23-19-9-5-6-17(14-19)15-22-12-10-20(16-21,11-13-22)18-7-3-2-4-8-18/h2-9,14H,10-13,15H2,1H3. The van der Waals surface area contributed by atoms with Crippen LogP contribution in [0.25, 0.3) is 0 Å². The molecule has 0 aromatic heterocycles. The molecule has 23 heavy (non-hydrogen) atoms. The summed E-state index contributed by atoms with van der Waals surface area (Å²) in [5.41, 5.74) is 2.09. The summed E-state index contributed by atoms with van der Waals surface area (Å²) in [6, 6.07) is 21.0. The van der Waals surface area contributed by atoms with Crippen LogP contribution in [0, 0.1) is 11.3 Å². The Balaban J connectivity index is 1.67. The number of methoxy groups -OCH3 is 1. The van der Waals surface area contributed by atoms with Gasteiger partial charge in [-0.05, 0) is 36.1 Å². The van der Waals surface area contributed by atoms with Gasteiger partial charge in [0.1, 0.15) is 5.75 Å². The summed E-state index contributed by atoms with van der Waals surface area (Å²) in [6.07, 6.45) is 1.77. The molecule has 1 saturated heterocycles. The Morgan fingerprint density at radius 2 is 1.83 bits per heavy atom. The minimum absolute atomic E-state index is 0.327. The van der Waals surface area contributed by atoms with Gasteiger partial charge in [0.2, 0.25) is 0 Å². The van der Waals surface area contributed by atoms with Gasteiger partial charge in [-0.2, -0.15) is 5.26 Å². The fourth-order valence-corrected chi connectivity index (χ4v) is 3.34. The lowest BCUT2D eigenvalue weighted by molar-refractivity contribution is 0.179. The second-order valence-corrected chi connectivity index (χ2v) is 6.19. The quantitative estimate of drug-likeness (QED) is 0.863. The van der Waals surface area contributed by atoms with Crippen molar-refractivity contribution in [1.82, 2.24) is 4.90 Å². The molecule has 0 atom stereocenters. The minimum atomic E-state index is -0.327. The molecule has 2 aromatic rings. The number of nitriles is 1. The van der Waals surface area contributed by atoms with Gasteiger partial charge >= 0.3 is 0 Å². The fourth-order valence-electron chi connectivity index (χ4n) is 3.34. The van der Waals surface area contributed by atoms with E-state index in [4.69, 9.17) is 4.74 Å². The van der Waals surface area contributed by atoms with Crippen LogP contribution in [-0.2, 0) is 12.0 Å². The number of likely N-dealkylation sites (tertiary alicyclic amines) is 1. The summed E-state index contributed by atoms with van der Waals surface area (Å²) in [5.74, 6) is 0.898. The molecule has 0 N–H and O–H groups in total. The second-order valence-electron chi connectivity index (χ2n) is 6.19. The molecule has 0 unspecified atom stereocenters. The molecule has 1 aliphatic rings. The monoisotopic (exact) mass is 306 g/mol. The molecular formula is C20H22N2O. The zero-order valence-corrected chi connectivity index (χ0v) is 13.5. The van der Waals surface area contributed by atoms with E-state index in [1.165, 1.54) is 5.56 Å². The number of hydrogen-bond donors (Lipinski definition) is 0. The van der Waals surface area contributed by atoms with E-state index in [1.54, 1.807) is 7.11 Å². The van der Waals surface area contributed by atoms with E-state index in [0.29, 0.717) is 0 Å². The number of nitrogens with zero attached hydrogens (tertiary/aromatic N) is 2. The highest BCUT2D eigenvalue weighted by atomic mass is 16.5. The third kappa shape index (κ3) is 3.38. The van der Waals surface area contributed by atoms with Crippen LogP contribution < -0.4 is 4.74 Å². The van der Waals surface area contributed by atoms with Crippen molar-refractivity contribution < 1.29 is 4.74 Å². The molecule has 0 radical (unpaired) electrons. The number of piperidine rings is 1. The first-order valence-electron chi connectivity index (χ1n) is 8.08. The highest BCUT2D eigenvalue weighted by molar-refractivity contribution is 5.33. The minimum Gasteiger partial charge on any atom is -0.497 e. The van der Waals surface area contributed by atoms with Gasteiger partial charge in [-0.1, -0.05) is 42.5 Å². The largest absolute Gasteiger partial charge is 0.497 e. The number of hydrogen-bond acceptors (Lipinski definition) is 3. The van der Waals surface area contributed by atoms with Crippen molar-refractivity contribution in [2.24, 2.45) is 0 Å². The summed E-state index contributed by atoms with van der Waals surface area (Å²) >= 11 is 0. The van der Waals surface area contributed by atoms with E-state index in [2.05, 4.69) is 35.2 Å². The molecule has 1 aliphatic heterocycles. The van der Waals surface area contributed by atoms with Gasteiger partial charge in [0.05, 0.1) is 18.6 Å². The van der Waals surface area contributed by atoms with E-state index < -0.39 is 0 Å². The van der Waals surface area contributed by atoms with Crippen LogP contribution >= 0.6 is 0 Å². The van der Waals surface area contributed by atoms with Gasteiger partial charge in [-0.25, -0.2) is 0 Å². The van der Waals surface area contributed by atoms with Crippen LogP contribution in [0.15, 0.2) is 54.6 Å². The Morgan fingerprint density at radius 3 is 2.48 bits per heavy atom. The Bertz CT molecular complexity index is 682. The zero-order chi connectivity index (χ0) is 16.1. The first-order chi connectivity index (χ1) is 11.3.